The number of ether oxygens (including phenoxy) is 3. The quantitative estimate of drug-likeness (QED) is 0.348. The van der Waals surface area contributed by atoms with Gasteiger partial charge in [-0.1, -0.05) is 54.6 Å². The number of rotatable bonds is 11. The summed E-state index contributed by atoms with van der Waals surface area (Å²) < 4.78 is 15.7. The minimum Gasteiger partial charge on any atom is -0.497 e. The van der Waals surface area contributed by atoms with Crippen LogP contribution < -0.4 is 14.8 Å². The number of Topliss-reactive ketones (excluding diaryl/α,β-unsaturated/α-hetero) is 2. The van der Waals surface area contributed by atoms with E-state index in [4.69, 9.17) is 14.2 Å². The van der Waals surface area contributed by atoms with Crippen molar-refractivity contribution in [3.63, 3.8) is 0 Å². The third kappa shape index (κ3) is 6.43. The van der Waals surface area contributed by atoms with E-state index in [1.165, 1.54) is 14.2 Å². The van der Waals surface area contributed by atoms with Gasteiger partial charge in [-0.3, -0.25) is 9.59 Å². The van der Waals surface area contributed by atoms with Crippen molar-refractivity contribution in [2.75, 3.05) is 26.1 Å². The van der Waals surface area contributed by atoms with E-state index in [2.05, 4.69) is 5.32 Å². The molecule has 0 unspecified atom stereocenters. The molecule has 0 bridgehead atoms. The van der Waals surface area contributed by atoms with Gasteiger partial charge in [0, 0.05) is 17.5 Å². The molecule has 3 aromatic rings. The number of hydrogen-bond acceptors (Lipinski definition) is 7. The van der Waals surface area contributed by atoms with E-state index in [0.717, 1.165) is 0 Å². The summed E-state index contributed by atoms with van der Waals surface area (Å²) >= 11 is 0. The smallest absolute Gasteiger partial charge is 0.329 e. The van der Waals surface area contributed by atoms with Gasteiger partial charge < -0.3 is 19.5 Å². The summed E-state index contributed by atoms with van der Waals surface area (Å²) in [6.07, 6.45) is -0.158. The van der Waals surface area contributed by atoms with Crippen LogP contribution in [0.4, 0.5) is 5.69 Å². The Balaban J connectivity index is 1.74. The van der Waals surface area contributed by atoms with Crippen LogP contribution in [0.5, 0.6) is 11.5 Å². The number of methoxy groups -OCH3 is 2. The van der Waals surface area contributed by atoms with E-state index in [0.29, 0.717) is 28.3 Å². The van der Waals surface area contributed by atoms with Crippen molar-refractivity contribution < 1.29 is 28.6 Å². The van der Waals surface area contributed by atoms with Gasteiger partial charge in [0.1, 0.15) is 17.5 Å². The van der Waals surface area contributed by atoms with Crippen LogP contribution in [0.25, 0.3) is 0 Å². The van der Waals surface area contributed by atoms with Gasteiger partial charge in [-0.2, -0.15) is 0 Å². The van der Waals surface area contributed by atoms with E-state index in [-0.39, 0.29) is 18.0 Å². The number of esters is 1. The lowest BCUT2D eigenvalue weighted by molar-refractivity contribution is -0.143. The number of carbonyl (C=O) groups is 3. The molecule has 0 saturated carbocycles. The van der Waals surface area contributed by atoms with Gasteiger partial charge in [0.2, 0.25) is 0 Å². The molecule has 0 aliphatic carbocycles. The van der Waals surface area contributed by atoms with Crippen LogP contribution in [-0.2, 0) is 9.53 Å². The lowest BCUT2D eigenvalue weighted by Gasteiger charge is -2.19. The van der Waals surface area contributed by atoms with Crippen molar-refractivity contribution >= 4 is 23.2 Å². The number of benzene rings is 3. The molecule has 0 heterocycles. The van der Waals surface area contributed by atoms with Crippen molar-refractivity contribution in [1.82, 2.24) is 0 Å². The molecule has 1 atom stereocenters. The van der Waals surface area contributed by atoms with E-state index in [1.54, 1.807) is 78.9 Å². The second-order valence-corrected chi connectivity index (χ2v) is 7.15. The highest BCUT2D eigenvalue weighted by Crippen LogP contribution is 2.25. The first kappa shape index (κ1) is 23.5. The minimum absolute atomic E-state index is 0.158. The third-order valence-electron chi connectivity index (χ3n) is 4.94. The Labute approximate surface area is 192 Å². The Hall–Kier alpha value is -4.13. The molecular formula is C26H25NO6. The maximum atomic E-state index is 12.9. The lowest BCUT2D eigenvalue weighted by Crippen LogP contribution is -2.35. The van der Waals surface area contributed by atoms with Crippen molar-refractivity contribution in [3.8, 4) is 11.5 Å². The van der Waals surface area contributed by atoms with Gasteiger partial charge >= 0.3 is 5.97 Å². The largest absolute Gasteiger partial charge is 0.497 e. The second kappa shape index (κ2) is 11.5. The molecule has 3 rings (SSSR count). The molecule has 7 nitrogen and oxygen atoms in total. The van der Waals surface area contributed by atoms with Crippen LogP contribution in [0.3, 0.4) is 0 Å². The number of hydrogen-bond donors (Lipinski definition) is 1. The monoisotopic (exact) mass is 447 g/mol. The molecule has 7 heteroatoms. The Kier molecular flexibility index (Phi) is 8.18. The van der Waals surface area contributed by atoms with Crippen molar-refractivity contribution in [1.29, 1.82) is 0 Å². The number of para-hydroxylation sites is 2. The van der Waals surface area contributed by atoms with E-state index >= 15 is 0 Å². The van der Waals surface area contributed by atoms with Crippen molar-refractivity contribution in [3.05, 3.63) is 90.0 Å². The zero-order valence-electron chi connectivity index (χ0n) is 18.4. The number of carbonyl (C=O) groups excluding carboxylic acids is 3. The van der Waals surface area contributed by atoms with Crippen LogP contribution in [0.15, 0.2) is 78.9 Å². The van der Waals surface area contributed by atoms with Gasteiger partial charge in [-0.15, -0.1) is 0 Å². The molecule has 0 spiro atoms. The molecule has 0 fully saturated rings. The first-order valence-corrected chi connectivity index (χ1v) is 10.3. The van der Waals surface area contributed by atoms with Crippen molar-refractivity contribution in [2.24, 2.45) is 0 Å². The molecule has 33 heavy (non-hydrogen) atoms. The normalized spacial score (nSPS) is 11.2. The summed E-state index contributed by atoms with van der Waals surface area (Å²) in [5, 5.41) is 3.03. The third-order valence-corrected chi connectivity index (χ3v) is 4.94. The Morgan fingerprint density at radius 3 is 2.21 bits per heavy atom. The number of nitrogens with one attached hydrogen (secondary N) is 1. The summed E-state index contributed by atoms with van der Waals surface area (Å²) in [5.74, 6) is -0.306. The van der Waals surface area contributed by atoms with E-state index < -0.39 is 18.6 Å². The molecule has 0 amide bonds. The van der Waals surface area contributed by atoms with Crippen LogP contribution >= 0.6 is 0 Å². The summed E-state index contributed by atoms with van der Waals surface area (Å²) in [5.41, 5.74) is 1.36. The van der Waals surface area contributed by atoms with E-state index in [9.17, 15) is 14.4 Å². The standard InChI is InChI=1S/C26H25NO6/c1-31-20-12-8-11-19(15-20)24(29)17-33-26(30)22(16-23(28)18-9-4-3-5-10-18)27-21-13-6-7-14-25(21)32-2/h3-15,22,27H,16-17H2,1-2H3/t22-/m1/s1. The van der Waals surface area contributed by atoms with Gasteiger partial charge in [0.15, 0.2) is 18.2 Å². The maximum absolute atomic E-state index is 12.9. The Morgan fingerprint density at radius 2 is 1.48 bits per heavy atom. The van der Waals surface area contributed by atoms with Gasteiger partial charge in [0.25, 0.3) is 0 Å². The predicted molar refractivity (Wildman–Crippen MR) is 124 cm³/mol. The molecule has 1 N–H and O–H groups in total. The molecule has 0 aliphatic heterocycles. The SMILES string of the molecule is COc1cccc(C(=O)COC(=O)[C@@H](CC(=O)c2ccccc2)Nc2ccccc2OC)c1. The summed E-state index contributed by atoms with van der Waals surface area (Å²) in [7, 11) is 3.01. The zero-order valence-corrected chi connectivity index (χ0v) is 18.4. The molecular weight excluding hydrogens is 422 g/mol. The number of anilines is 1. The van der Waals surface area contributed by atoms with Crippen LogP contribution in [0.1, 0.15) is 27.1 Å². The first-order valence-electron chi connectivity index (χ1n) is 10.3. The fraction of sp³-hybridized carbons (Fsp3) is 0.192. The number of ketones is 2. The van der Waals surface area contributed by atoms with E-state index in [1.807, 2.05) is 0 Å². The highest BCUT2D eigenvalue weighted by atomic mass is 16.5. The predicted octanol–water partition coefficient (Wildman–Crippen LogP) is 4.18. The van der Waals surface area contributed by atoms with Gasteiger partial charge in [0.05, 0.1) is 19.9 Å². The summed E-state index contributed by atoms with van der Waals surface area (Å²) in [6.45, 7) is -0.463. The molecule has 0 aromatic heterocycles. The zero-order chi connectivity index (χ0) is 23.6. The highest BCUT2D eigenvalue weighted by Gasteiger charge is 2.26. The lowest BCUT2D eigenvalue weighted by atomic mass is 10.0. The highest BCUT2D eigenvalue weighted by molar-refractivity contribution is 6.01. The molecule has 0 saturated heterocycles. The van der Waals surface area contributed by atoms with Gasteiger partial charge in [-0.05, 0) is 24.3 Å². The average Bonchev–Trinajstić information content (AvgIpc) is 2.87. The minimum atomic E-state index is -1.02. The fourth-order valence-corrected chi connectivity index (χ4v) is 3.19. The topological polar surface area (TPSA) is 90.9 Å². The Bertz CT molecular complexity index is 1110. The molecule has 170 valence electrons. The van der Waals surface area contributed by atoms with Crippen molar-refractivity contribution in [2.45, 2.75) is 12.5 Å². The molecule has 0 radical (unpaired) electrons. The fourth-order valence-electron chi connectivity index (χ4n) is 3.19. The van der Waals surface area contributed by atoms with Crippen LogP contribution in [0, 0.1) is 0 Å². The first-order chi connectivity index (χ1) is 16.0. The van der Waals surface area contributed by atoms with Crippen LogP contribution in [0.2, 0.25) is 0 Å². The Morgan fingerprint density at radius 1 is 0.788 bits per heavy atom. The summed E-state index contributed by atoms with van der Waals surface area (Å²) in [6, 6.07) is 21.3. The molecule has 0 aliphatic rings. The second-order valence-electron chi connectivity index (χ2n) is 7.15. The van der Waals surface area contributed by atoms with Gasteiger partial charge in [-0.25, -0.2) is 4.79 Å². The molecule has 3 aromatic carbocycles. The summed E-state index contributed by atoms with van der Waals surface area (Å²) in [4.78, 5) is 38.2. The van der Waals surface area contributed by atoms with Crippen LogP contribution in [-0.4, -0.2) is 44.4 Å². The maximum Gasteiger partial charge on any atom is 0.329 e. The average molecular weight is 447 g/mol.